The molecule has 1 unspecified atom stereocenters. The van der Waals surface area contributed by atoms with Crippen molar-refractivity contribution in [1.29, 1.82) is 0 Å². The number of fused-ring (bicyclic) bond motifs is 2. The summed E-state index contributed by atoms with van der Waals surface area (Å²) in [6.07, 6.45) is 17.8. The van der Waals surface area contributed by atoms with E-state index >= 15 is 0 Å². The summed E-state index contributed by atoms with van der Waals surface area (Å²) >= 11 is 0. The van der Waals surface area contributed by atoms with Gasteiger partial charge in [-0.1, -0.05) is 103 Å². The van der Waals surface area contributed by atoms with E-state index in [1.165, 1.54) is 45.6 Å². The Hall–Kier alpha value is -2.08. The number of rotatable bonds is 3. The van der Waals surface area contributed by atoms with Gasteiger partial charge in [-0.05, 0) is 68.0 Å². The Morgan fingerprint density at radius 1 is 1.00 bits per heavy atom. The molecular weight excluding hydrogens is 348 g/mol. The molecule has 0 heteroatoms. The molecule has 0 amide bonds. The first-order valence-corrected chi connectivity index (χ1v) is 11.3. The highest BCUT2D eigenvalue weighted by molar-refractivity contribution is 5.92. The molecule has 0 heterocycles. The number of hydrogen-bond donors (Lipinski definition) is 0. The van der Waals surface area contributed by atoms with Gasteiger partial charge in [0.2, 0.25) is 0 Å². The van der Waals surface area contributed by atoms with Crippen LogP contribution in [0, 0.1) is 10.8 Å². The van der Waals surface area contributed by atoms with E-state index in [0.717, 1.165) is 6.42 Å². The minimum absolute atomic E-state index is 0.0733. The Morgan fingerprint density at radius 3 is 2.34 bits per heavy atom. The van der Waals surface area contributed by atoms with E-state index in [1.807, 2.05) is 0 Å². The van der Waals surface area contributed by atoms with Crippen LogP contribution in [-0.2, 0) is 5.41 Å². The van der Waals surface area contributed by atoms with E-state index in [9.17, 15) is 0 Å². The molecule has 0 aliphatic heterocycles. The summed E-state index contributed by atoms with van der Waals surface area (Å²) in [5.41, 5.74) is 7.78. The summed E-state index contributed by atoms with van der Waals surface area (Å²) in [5, 5.41) is 2.78. The third-order valence-corrected chi connectivity index (χ3v) is 7.12. The molecule has 0 radical (unpaired) electrons. The highest BCUT2D eigenvalue weighted by Crippen LogP contribution is 2.57. The van der Waals surface area contributed by atoms with Crippen LogP contribution in [0.3, 0.4) is 0 Å². The predicted octanol–water partition coefficient (Wildman–Crippen LogP) is 6.51. The van der Waals surface area contributed by atoms with Crippen LogP contribution in [0.4, 0.5) is 0 Å². The summed E-state index contributed by atoms with van der Waals surface area (Å²) in [4.78, 5) is 0. The van der Waals surface area contributed by atoms with Crippen molar-refractivity contribution in [1.82, 2.24) is 0 Å². The molecule has 3 aliphatic carbocycles. The van der Waals surface area contributed by atoms with Crippen molar-refractivity contribution in [2.24, 2.45) is 10.8 Å². The van der Waals surface area contributed by atoms with Gasteiger partial charge in [-0.25, -0.2) is 0 Å². The van der Waals surface area contributed by atoms with Crippen LogP contribution >= 0.6 is 0 Å². The van der Waals surface area contributed by atoms with Crippen molar-refractivity contribution in [3.05, 3.63) is 81.3 Å². The molecule has 0 nitrogen and oxygen atoms in total. The molecule has 1 aromatic carbocycles. The van der Waals surface area contributed by atoms with E-state index in [4.69, 9.17) is 0 Å². The molecule has 0 fully saturated rings. The van der Waals surface area contributed by atoms with Crippen LogP contribution in [0.5, 0.6) is 0 Å². The van der Waals surface area contributed by atoms with Crippen LogP contribution in [-0.4, -0.2) is 0 Å². The minimum Gasteiger partial charge on any atom is -0.0801 e. The highest BCUT2D eigenvalue weighted by atomic mass is 14.5. The normalized spacial score (nSPS) is 23.3. The summed E-state index contributed by atoms with van der Waals surface area (Å²) in [5.74, 6) is 0. The maximum atomic E-state index is 2.55. The second-order valence-electron chi connectivity index (χ2n) is 11.0. The third-order valence-electron chi connectivity index (χ3n) is 7.12. The van der Waals surface area contributed by atoms with Crippen LogP contribution in [0.15, 0.2) is 65.3 Å². The lowest BCUT2D eigenvalue weighted by Crippen LogP contribution is -2.38. The topological polar surface area (TPSA) is 0 Å². The molecule has 0 bridgehead atoms. The monoisotopic (exact) mass is 384 g/mol. The van der Waals surface area contributed by atoms with Gasteiger partial charge in [-0.15, -0.1) is 0 Å². The Kier molecular flexibility index (Phi) is 4.69. The Balaban J connectivity index is 2.04. The molecule has 0 aromatic heterocycles. The maximum absolute atomic E-state index is 2.55. The van der Waals surface area contributed by atoms with Gasteiger partial charge in [0.25, 0.3) is 0 Å². The van der Waals surface area contributed by atoms with Crippen molar-refractivity contribution < 1.29 is 0 Å². The van der Waals surface area contributed by atoms with E-state index in [2.05, 4.69) is 103 Å². The molecule has 3 aliphatic rings. The fourth-order valence-corrected chi connectivity index (χ4v) is 5.40. The molecule has 0 N–H and O–H groups in total. The molecule has 29 heavy (non-hydrogen) atoms. The Bertz CT molecular complexity index is 1080. The Morgan fingerprint density at radius 2 is 1.76 bits per heavy atom. The first kappa shape index (κ1) is 20.2. The van der Waals surface area contributed by atoms with Crippen molar-refractivity contribution in [3.8, 4) is 0 Å². The SMILES string of the molecule is CCCC1(C(C)(C)C)C=CC2=c3ccc(C(C)(C)C)cc3=CC2=C1C1=CC=CC1. The van der Waals surface area contributed by atoms with Gasteiger partial charge in [0.1, 0.15) is 0 Å². The lowest BCUT2D eigenvalue weighted by atomic mass is 9.55. The van der Waals surface area contributed by atoms with Gasteiger partial charge in [0, 0.05) is 5.41 Å². The lowest BCUT2D eigenvalue weighted by Gasteiger charge is -2.48. The van der Waals surface area contributed by atoms with Gasteiger partial charge in [0.15, 0.2) is 0 Å². The molecule has 4 rings (SSSR count). The second kappa shape index (κ2) is 6.73. The van der Waals surface area contributed by atoms with Crippen molar-refractivity contribution in [3.63, 3.8) is 0 Å². The zero-order valence-electron chi connectivity index (χ0n) is 19.3. The van der Waals surface area contributed by atoms with Crippen molar-refractivity contribution >= 4 is 11.6 Å². The first-order chi connectivity index (χ1) is 13.6. The molecular formula is C29H36. The molecule has 1 aromatic rings. The van der Waals surface area contributed by atoms with Gasteiger partial charge >= 0.3 is 0 Å². The van der Waals surface area contributed by atoms with Crippen LogP contribution < -0.4 is 10.4 Å². The standard InChI is InChI=1S/C29H36/c1-8-16-29(28(5,6)7)17-15-24-23-14-13-22(27(2,3)4)18-21(23)19-25(24)26(29)20-11-9-10-12-20/h9-11,13-15,17-19H,8,12,16H2,1-7H3. The molecule has 0 saturated carbocycles. The summed E-state index contributed by atoms with van der Waals surface area (Å²) < 4.78 is 0. The van der Waals surface area contributed by atoms with E-state index in [-0.39, 0.29) is 16.2 Å². The minimum atomic E-state index is 0.0733. The summed E-state index contributed by atoms with van der Waals surface area (Å²) in [6, 6.07) is 7.09. The summed E-state index contributed by atoms with van der Waals surface area (Å²) in [7, 11) is 0. The predicted molar refractivity (Wildman–Crippen MR) is 127 cm³/mol. The first-order valence-electron chi connectivity index (χ1n) is 11.3. The lowest BCUT2D eigenvalue weighted by molar-refractivity contribution is 0.175. The molecule has 0 spiro atoms. The fraction of sp³-hybridized carbons (Fsp3) is 0.448. The van der Waals surface area contributed by atoms with E-state index < -0.39 is 0 Å². The van der Waals surface area contributed by atoms with Crippen LogP contribution in [0.2, 0.25) is 0 Å². The van der Waals surface area contributed by atoms with Gasteiger partial charge in [-0.2, -0.15) is 0 Å². The molecule has 1 atom stereocenters. The zero-order chi connectivity index (χ0) is 21.0. The van der Waals surface area contributed by atoms with Crippen molar-refractivity contribution in [2.75, 3.05) is 0 Å². The van der Waals surface area contributed by atoms with Gasteiger partial charge in [0.05, 0.1) is 0 Å². The van der Waals surface area contributed by atoms with Crippen LogP contribution in [0.25, 0.3) is 11.6 Å². The quantitative estimate of drug-likeness (QED) is 0.557. The fourth-order valence-electron chi connectivity index (χ4n) is 5.40. The highest BCUT2D eigenvalue weighted by Gasteiger charge is 2.46. The Labute approximate surface area is 177 Å². The number of hydrogen-bond acceptors (Lipinski definition) is 0. The third kappa shape index (κ3) is 3.12. The van der Waals surface area contributed by atoms with E-state index in [0.29, 0.717) is 0 Å². The van der Waals surface area contributed by atoms with Crippen molar-refractivity contribution in [2.45, 2.75) is 73.1 Å². The smallest absolute Gasteiger partial charge is 0.0192 e. The molecule has 152 valence electrons. The molecule has 0 saturated heterocycles. The summed E-state index contributed by atoms with van der Waals surface area (Å²) in [6.45, 7) is 16.5. The average Bonchev–Trinajstić information content (AvgIpc) is 3.26. The van der Waals surface area contributed by atoms with Gasteiger partial charge in [-0.3, -0.25) is 0 Å². The van der Waals surface area contributed by atoms with E-state index in [1.54, 1.807) is 5.57 Å². The van der Waals surface area contributed by atoms with Crippen LogP contribution in [0.1, 0.15) is 73.3 Å². The second-order valence-corrected chi connectivity index (χ2v) is 11.0. The average molecular weight is 385 g/mol. The maximum Gasteiger partial charge on any atom is 0.0192 e. The van der Waals surface area contributed by atoms with Gasteiger partial charge < -0.3 is 0 Å². The zero-order valence-corrected chi connectivity index (χ0v) is 19.3. The number of allylic oxidation sites excluding steroid dienone is 8. The number of benzene rings is 1. The largest absolute Gasteiger partial charge is 0.0801 e.